The summed E-state index contributed by atoms with van der Waals surface area (Å²) in [4.78, 5) is 23.5. The van der Waals surface area contributed by atoms with Crippen LogP contribution in [0.15, 0.2) is 60.2 Å². The molecule has 118 valence electrons. The first-order chi connectivity index (χ1) is 10.9. The van der Waals surface area contributed by atoms with Gasteiger partial charge < -0.3 is 19.7 Å². The Labute approximate surface area is 132 Å². The predicted octanol–water partition coefficient (Wildman–Crippen LogP) is 2.56. The molecule has 6 nitrogen and oxygen atoms in total. The second-order valence-electron chi connectivity index (χ2n) is 4.63. The van der Waals surface area contributed by atoms with Gasteiger partial charge in [0, 0.05) is 11.6 Å². The van der Waals surface area contributed by atoms with Crippen LogP contribution in [0.5, 0.6) is 23.0 Å². The van der Waals surface area contributed by atoms with E-state index in [0.717, 1.165) is 6.08 Å². The van der Waals surface area contributed by atoms with Crippen LogP contribution in [-0.4, -0.2) is 22.2 Å². The third-order valence-electron chi connectivity index (χ3n) is 2.76. The molecule has 0 radical (unpaired) electrons. The lowest BCUT2D eigenvalue weighted by Crippen LogP contribution is -2.12. The maximum absolute atomic E-state index is 11.8. The van der Waals surface area contributed by atoms with Crippen molar-refractivity contribution in [2.45, 2.75) is 6.92 Å². The highest BCUT2D eigenvalue weighted by Crippen LogP contribution is 2.18. The van der Waals surface area contributed by atoms with Crippen LogP contribution in [-0.2, 0) is 9.59 Å². The van der Waals surface area contributed by atoms with Crippen molar-refractivity contribution in [2.75, 3.05) is 0 Å². The molecule has 2 rings (SSSR count). The van der Waals surface area contributed by atoms with Crippen LogP contribution in [0.1, 0.15) is 6.92 Å². The number of phenols is 2. The van der Waals surface area contributed by atoms with E-state index in [0.29, 0.717) is 0 Å². The smallest absolute Gasteiger partial charge is 0.339 e. The van der Waals surface area contributed by atoms with Gasteiger partial charge in [0.15, 0.2) is 0 Å². The normalized spacial score (nSPS) is 10.9. The van der Waals surface area contributed by atoms with Crippen LogP contribution in [0.4, 0.5) is 0 Å². The fraction of sp³-hybridized carbons (Fsp3) is 0.0588. The molecule has 0 unspecified atom stereocenters. The fourth-order valence-electron chi connectivity index (χ4n) is 1.60. The molecule has 0 atom stereocenters. The van der Waals surface area contributed by atoms with Gasteiger partial charge in [0.25, 0.3) is 0 Å². The second-order valence-corrected chi connectivity index (χ2v) is 4.63. The molecule has 0 bridgehead atoms. The van der Waals surface area contributed by atoms with Gasteiger partial charge in [0.05, 0.1) is 0 Å². The lowest BCUT2D eigenvalue weighted by molar-refractivity contribution is -0.132. The standard InChI is InChI=1S/C17H14O6/c1-11(17(21)23-15-8-4-13(19)5-9-15)10-16(20)22-14-6-2-12(18)3-7-14/h2-10,18-19H,1H3. The van der Waals surface area contributed by atoms with Gasteiger partial charge in [-0.05, 0) is 55.5 Å². The van der Waals surface area contributed by atoms with Crippen LogP contribution in [0.3, 0.4) is 0 Å². The van der Waals surface area contributed by atoms with Crippen molar-refractivity contribution >= 4 is 11.9 Å². The molecule has 0 spiro atoms. The number of benzene rings is 2. The van der Waals surface area contributed by atoms with Crippen molar-refractivity contribution in [1.29, 1.82) is 0 Å². The Morgan fingerprint density at radius 3 is 1.74 bits per heavy atom. The van der Waals surface area contributed by atoms with Crippen molar-refractivity contribution in [1.82, 2.24) is 0 Å². The molecule has 0 aliphatic heterocycles. The van der Waals surface area contributed by atoms with Gasteiger partial charge in [-0.25, -0.2) is 9.59 Å². The summed E-state index contributed by atoms with van der Waals surface area (Å²) in [6, 6.07) is 11.2. The number of carbonyl (C=O) groups excluding carboxylic acids is 2. The first-order valence-electron chi connectivity index (χ1n) is 6.64. The topological polar surface area (TPSA) is 93.1 Å². The van der Waals surface area contributed by atoms with Crippen molar-refractivity contribution in [2.24, 2.45) is 0 Å². The summed E-state index contributed by atoms with van der Waals surface area (Å²) < 4.78 is 10.0. The highest BCUT2D eigenvalue weighted by molar-refractivity contribution is 5.97. The summed E-state index contributed by atoms with van der Waals surface area (Å²) in [5, 5.41) is 18.3. The lowest BCUT2D eigenvalue weighted by Gasteiger charge is -2.05. The monoisotopic (exact) mass is 314 g/mol. The molecule has 0 aromatic heterocycles. The Bertz CT molecular complexity index is 729. The molecule has 2 N–H and O–H groups in total. The number of rotatable bonds is 4. The van der Waals surface area contributed by atoms with Gasteiger partial charge in [-0.15, -0.1) is 0 Å². The number of hydrogen-bond acceptors (Lipinski definition) is 6. The highest BCUT2D eigenvalue weighted by Gasteiger charge is 2.11. The van der Waals surface area contributed by atoms with Gasteiger partial charge >= 0.3 is 11.9 Å². The van der Waals surface area contributed by atoms with Crippen LogP contribution in [0.2, 0.25) is 0 Å². The van der Waals surface area contributed by atoms with Gasteiger partial charge in [-0.1, -0.05) is 0 Å². The molecule has 0 amide bonds. The molecule has 0 aliphatic rings. The molecule has 2 aromatic rings. The van der Waals surface area contributed by atoms with Gasteiger partial charge in [0.1, 0.15) is 23.0 Å². The molecule has 23 heavy (non-hydrogen) atoms. The van der Waals surface area contributed by atoms with E-state index in [2.05, 4.69) is 0 Å². The van der Waals surface area contributed by atoms with Gasteiger partial charge in [0.2, 0.25) is 0 Å². The van der Waals surface area contributed by atoms with Crippen LogP contribution in [0.25, 0.3) is 0 Å². The second kappa shape index (κ2) is 7.13. The van der Waals surface area contributed by atoms with E-state index < -0.39 is 11.9 Å². The number of phenolic OH excluding ortho intramolecular Hbond substituents is 2. The Hall–Kier alpha value is -3.28. The SMILES string of the molecule is CC(=CC(=O)Oc1ccc(O)cc1)C(=O)Oc1ccc(O)cc1. The largest absolute Gasteiger partial charge is 0.508 e. The average molecular weight is 314 g/mol. The predicted molar refractivity (Wildman–Crippen MR) is 81.2 cm³/mol. The van der Waals surface area contributed by atoms with E-state index in [9.17, 15) is 9.59 Å². The number of aromatic hydroxyl groups is 2. The van der Waals surface area contributed by atoms with E-state index in [4.69, 9.17) is 19.7 Å². The van der Waals surface area contributed by atoms with Crippen LogP contribution < -0.4 is 9.47 Å². The van der Waals surface area contributed by atoms with Crippen LogP contribution >= 0.6 is 0 Å². The number of esters is 2. The molecular formula is C17H14O6. The number of ether oxygens (including phenoxy) is 2. The third-order valence-corrected chi connectivity index (χ3v) is 2.76. The number of carbonyl (C=O) groups is 2. The Morgan fingerprint density at radius 2 is 1.26 bits per heavy atom. The summed E-state index contributed by atoms with van der Waals surface area (Å²) in [6.45, 7) is 1.42. The summed E-state index contributed by atoms with van der Waals surface area (Å²) in [7, 11) is 0. The summed E-state index contributed by atoms with van der Waals surface area (Å²) in [5.74, 6) is -0.867. The van der Waals surface area contributed by atoms with E-state index in [1.807, 2.05) is 0 Å². The molecule has 2 aromatic carbocycles. The van der Waals surface area contributed by atoms with E-state index in [-0.39, 0.29) is 28.6 Å². The first kappa shape index (κ1) is 16.1. The number of hydrogen-bond donors (Lipinski definition) is 2. The van der Waals surface area contributed by atoms with Crippen molar-refractivity contribution in [3.05, 3.63) is 60.2 Å². The van der Waals surface area contributed by atoms with E-state index in [1.165, 1.54) is 55.5 Å². The van der Waals surface area contributed by atoms with Crippen molar-refractivity contribution < 1.29 is 29.3 Å². The maximum atomic E-state index is 11.8. The molecular weight excluding hydrogens is 300 g/mol. The van der Waals surface area contributed by atoms with Crippen molar-refractivity contribution in [3.63, 3.8) is 0 Å². The third kappa shape index (κ3) is 4.89. The summed E-state index contributed by atoms with van der Waals surface area (Å²) in [5.41, 5.74) is 0.0573. The Morgan fingerprint density at radius 1 is 0.826 bits per heavy atom. The first-order valence-corrected chi connectivity index (χ1v) is 6.64. The molecule has 0 heterocycles. The zero-order valence-corrected chi connectivity index (χ0v) is 12.2. The molecule has 0 saturated carbocycles. The van der Waals surface area contributed by atoms with Gasteiger partial charge in [-0.3, -0.25) is 0 Å². The Balaban J connectivity index is 1.97. The molecule has 6 heteroatoms. The maximum Gasteiger partial charge on any atom is 0.339 e. The molecule has 0 fully saturated rings. The van der Waals surface area contributed by atoms with E-state index >= 15 is 0 Å². The van der Waals surface area contributed by atoms with E-state index in [1.54, 1.807) is 0 Å². The van der Waals surface area contributed by atoms with Crippen LogP contribution in [0, 0.1) is 0 Å². The Kier molecular flexibility index (Phi) is 4.99. The summed E-state index contributed by atoms with van der Waals surface area (Å²) in [6.07, 6.45) is 1.01. The fourth-order valence-corrected chi connectivity index (χ4v) is 1.60. The van der Waals surface area contributed by atoms with Crippen molar-refractivity contribution in [3.8, 4) is 23.0 Å². The average Bonchev–Trinajstić information content (AvgIpc) is 2.51. The minimum absolute atomic E-state index is 0.0500. The molecule has 0 saturated heterocycles. The summed E-state index contributed by atoms with van der Waals surface area (Å²) >= 11 is 0. The zero-order valence-electron chi connectivity index (χ0n) is 12.2. The quantitative estimate of drug-likeness (QED) is 0.512. The lowest BCUT2D eigenvalue weighted by atomic mass is 10.3. The zero-order chi connectivity index (χ0) is 16.8. The minimum Gasteiger partial charge on any atom is -0.508 e. The van der Waals surface area contributed by atoms with Gasteiger partial charge in [-0.2, -0.15) is 0 Å². The highest BCUT2D eigenvalue weighted by atomic mass is 16.5. The minimum atomic E-state index is -0.740. The molecule has 0 aliphatic carbocycles.